The fourth-order valence-corrected chi connectivity index (χ4v) is 6.19. The van der Waals surface area contributed by atoms with Crippen LogP contribution in [0.15, 0.2) is 65.1 Å². The van der Waals surface area contributed by atoms with Gasteiger partial charge in [0, 0.05) is 35.6 Å². The van der Waals surface area contributed by atoms with Gasteiger partial charge in [-0.2, -0.15) is 0 Å². The van der Waals surface area contributed by atoms with E-state index < -0.39 is 0 Å². The lowest BCUT2D eigenvalue weighted by atomic mass is 9.74. The van der Waals surface area contributed by atoms with Crippen LogP contribution in [0.3, 0.4) is 0 Å². The second kappa shape index (κ2) is 8.61. The first-order chi connectivity index (χ1) is 15.5. The van der Waals surface area contributed by atoms with E-state index >= 15 is 0 Å². The van der Waals surface area contributed by atoms with Crippen LogP contribution in [0.5, 0.6) is 0 Å². The molecule has 3 unspecified atom stereocenters. The molecule has 0 N–H and O–H groups in total. The number of nitrogens with zero attached hydrogens (tertiary/aromatic N) is 2. The van der Waals surface area contributed by atoms with Gasteiger partial charge in [0.25, 0.3) is 0 Å². The zero-order chi connectivity index (χ0) is 22.3. The number of rotatable bonds is 6. The predicted molar refractivity (Wildman–Crippen MR) is 135 cm³/mol. The van der Waals surface area contributed by atoms with Gasteiger partial charge in [0.05, 0.1) is 0 Å². The number of hydrogen-bond acceptors (Lipinski definition) is 2. The molecule has 0 aromatic carbocycles. The van der Waals surface area contributed by atoms with Gasteiger partial charge in [-0.3, -0.25) is 9.98 Å². The van der Waals surface area contributed by atoms with Crippen LogP contribution in [0.4, 0.5) is 0 Å². The number of aryl methyl sites for hydroxylation is 1. The summed E-state index contributed by atoms with van der Waals surface area (Å²) in [7, 11) is 0. The molecule has 3 aliphatic carbocycles. The van der Waals surface area contributed by atoms with E-state index in [2.05, 4.69) is 62.8 Å². The van der Waals surface area contributed by atoms with Crippen LogP contribution in [0.1, 0.15) is 76.3 Å². The monoisotopic (exact) mass is 426 g/mol. The second-order valence-electron chi connectivity index (χ2n) is 10.9. The van der Waals surface area contributed by atoms with E-state index in [4.69, 9.17) is 4.99 Å². The Bertz CT molecular complexity index is 1020. The second-order valence-corrected chi connectivity index (χ2v) is 10.9. The van der Waals surface area contributed by atoms with E-state index in [1.807, 2.05) is 12.4 Å². The van der Waals surface area contributed by atoms with Gasteiger partial charge in [0.2, 0.25) is 0 Å². The number of aromatic nitrogens is 1. The number of fused-ring (bicyclic) bond motifs is 1. The number of aliphatic imine (C=N–C) groups is 1. The Kier molecular flexibility index (Phi) is 5.82. The average molecular weight is 427 g/mol. The Labute approximate surface area is 194 Å². The largest absolute Gasteiger partial charge is 0.265 e. The first-order valence-electron chi connectivity index (χ1n) is 12.7. The Morgan fingerprint density at radius 3 is 2.66 bits per heavy atom. The molecule has 2 nitrogen and oxygen atoms in total. The minimum atomic E-state index is 0.275. The fourth-order valence-electron chi connectivity index (χ4n) is 6.19. The maximum absolute atomic E-state index is 4.91. The molecular formula is C30H38N2. The molecule has 0 bridgehead atoms. The third-order valence-corrected chi connectivity index (χ3v) is 8.75. The van der Waals surface area contributed by atoms with Crippen molar-refractivity contribution in [3.8, 4) is 0 Å². The lowest BCUT2D eigenvalue weighted by Crippen LogP contribution is -2.22. The van der Waals surface area contributed by atoms with Gasteiger partial charge in [-0.1, -0.05) is 44.2 Å². The summed E-state index contributed by atoms with van der Waals surface area (Å²) < 4.78 is 0. The molecule has 2 saturated carbocycles. The molecule has 5 rings (SSSR count). The number of hydrogen-bond donors (Lipinski definition) is 0. The summed E-state index contributed by atoms with van der Waals surface area (Å²) in [6.45, 7) is 11.0. The van der Waals surface area contributed by atoms with E-state index in [0.717, 1.165) is 18.3 Å². The Hall–Kier alpha value is -2.22. The summed E-state index contributed by atoms with van der Waals surface area (Å²) in [4.78, 5) is 9.20. The van der Waals surface area contributed by atoms with Gasteiger partial charge >= 0.3 is 0 Å². The Morgan fingerprint density at radius 1 is 1.19 bits per heavy atom. The summed E-state index contributed by atoms with van der Waals surface area (Å²) in [6, 6.07) is 2.19. The summed E-state index contributed by atoms with van der Waals surface area (Å²) in [5, 5.41) is 0. The highest BCUT2D eigenvalue weighted by Crippen LogP contribution is 2.58. The van der Waals surface area contributed by atoms with Crippen LogP contribution in [0.2, 0.25) is 0 Å². The molecule has 2 heteroatoms. The van der Waals surface area contributed by atoms with Crippen molar-refractivity contribution in [2.24, 2.45) is 34.1 Å². The molecule has 0 amide bonds. The van der Waals surface area contributed by atoms with E-state index in [9.17, 15) is 0 Å². The third-order valence-electron chi connectivity index (χ3n) is 8.75. The van der Waals surface area contributed by atoms with Gasteiger partial charge in [0.15, 0.2) is 0 Å². The van der Waals surface area contributed by atoms with Crippen LogP contribution < -0.4 is 0 Å². The first-order valence-corrected chi connectivity index (χ1v) is 12.7. The Morgan fingerprint density at radius 2 is 2.00 bits per heavy atom. The molecule has 2 heterocycles. The van der Waals surface area contributed by atoms with E-state index in [1.54, 1.807) is 5.57 Å². The van der Waals surface area contributed by atoms with Crippen LogP contribution in [0, 0.1) is 36.0 Å². The molecule has 3 atom stereocenters. The predicted octanol–water partition coefficient (Wildman–Crippen LogP) is 7.88. The Balaban J connectivity index is 1.25. The quantitative estimate of drug-likeness (QED) is 0.454. The number of pyridine rings is 1. The minimum Gasteiger partial charge on any atom is -0.265 e. The first kappa shape index (κ1) is 21.6. The molecule has 168 valence electrons. The van der Waals surface area contributed by atoms with Gasteiger partial charge in [-0.15, -0.1) is 0 Å². The lowest BCUT2D eigenvalue weighted by molar-refractivity contribution is 0.293. The molecule has 4 aliphatic rings. The van der Waals surface area contributed by atoms with Gasteiger partial charge in [-0.25, -0.2) is 0 Å². The minimum absolute atomic E-state index is 0.275. The molecule has 1 aliphatic heterocycles. The molecule has 1 aromatic heterocycles. The van der Waals surface area contributed by atoms with Crippen molar-refractivity contribution in [2.45, 2.75) is 72.1 Å². The normalized spacial score (nSPS) is 34.0. The topological polar surface area (TPSA) is 25.2 Å². The van der Waals surface area contributed by atoms with Gasteiger partial charge < -0.3 is 0 Å². The van der Waals surface area contributed by atoms with Gasteiger partial charge in [0.1, 0.15) is 0 Å². The van der Waals surface area contributed by atoms with E-state index in [1.165, 1.54) is 72.9 Å². The number of allylic oxidation sites excluding steroid dienone is 7. The highest BCUT2D eigenvalue weighted by Gasteiger charge is 2.46. The van der Waals surface area contributed by atoms with E-state index in [0.29, 0.717) is 11.8 Å². The molecule has 32 heavy (non-hydrogen) atoms. The van der Waals surface area contributed by atoms with Crippen molar-refractivity contribution in [3.63, 3.8) is 0 Å². The van der Waals surface area contributed by atoms with Crippen LogP contribution in [-0.2, 0) is 0 Å². The van der Waals surface area contributed by atoms with Crippen LogP contribution in [-0.4, -0.2) is 11.2 Å². The average Bonchev–Trinajstić information content (AvgIpc) is 3.62. The molecular weight excluding hydrogens is 388 g/mol. The zero-order valence-corrected chi connectivity index (χ0v) is 20.1. The summed E-state index contributed by atoms with van der Waals surface area (Å²) >= 11 is 0. The summed E-state index contributed by atoms with van der Waals surface area (Å²) in [6.07, 6.45) is 23.4. The van der Waals surface area contributed by atoms with Crippen LogP contribution in [0.25, 0.3) is 5.57 Å². The van der Waals surface area contributed by atoms with Gasteiger partial charge in [-0.05, 0) is 104 Å². The van der Waals surface area contributed by atoms with Crippen molar-refractivity contribution >= 4 is 11.8 Å². The molecule has 2 fully saturated rings. The molecule has 0 spiro atoms. The maximum atomic E-state index is 4.91. The highest BCUT2D eigenvalue weighted by molar-refractivity contribution is 5.78. The SMILES string of the molecule is C=CC1=C(CC2CCC(C3=CCC(C)(CC)C=N3)CC2)C2CC2C(c2ccncc2C)=C1. The summed E-state index contributed by atoms with van der Waals surface area (Å²) in [5.74, 6) is 2.95. The third kappa shape index (κ3) is 4.09. The van der Waals surface area contributed by atoms with E-state index in [-0.39, 0.29) is 5.41 Å². The van der Waals surface area contributed by atoms with Crippen molar-refractivity contribution in [2.75, 3.05) is 0 Å². The maximum Gasteiger partial charge on any atom is 0.0391 e. The van der Waals surface area contributed by atoms with Crippen LogP contribution >= 0.6 is 0 Å². The summed E-state index contributed by atoms with van der Waals surface area (Å²) in [5.41, 5.74) is 8.92. The molecule has 0 radical (unpaired) electrons. The standard InChI is InChI=1S/C30H38N2/c1-5-22-16-26(24-12-14-31-18-20(24)3)28-17-27(28)25(22)15-21-7-9-23(10-8-21)29-11-13-30(4,6-2)19-32-29/h5,11-12,14,16,18-19,21,23,27-28H,1,6-10,13,15,17H2,2-4H3. The lowest BCUT2D eigenvalue weighted by Gasteiger charge is -2.33. The van der Waals surface area contributed by atoms with Crippen molar-refractivity contribution in [1.29, 1.82) is 0 Å². The molecule has 1 aromatic rings. The highest BCUT2D eigenvalue weighted by atomic mass is 14.8. The molecule has 0 saturated heterocycles. The smallest absolute Gasteiger partial charge is 0.0391 e. The van der Waals surface area contributed by atoms with Crippen molar-refractivity contribution < 1.29 is 0 Å². The zero-order valence-electron chi connectivity index (χ0n) is 20.1. The fraction of sp³-hybridized carbons (Fsp3) is 0.533. The van der Waals surface area contributed by atoms with Crippen molar-refractivity contribution in [3.05, 3.63) is 71.2 Å². The van der Waals surface area contributed by atoms with Crippen molar-refractivity contribution in [1.82, 2.24) is 4.98 Å².